The van der Waals surface area contributed by atoms with Crippen molar-refractivity contribution in [1.82, 2.24) is 0 Å². The van der Waals surface area contributed by atoms with E-state index >= 15 is 0 Å². The van der Waals surface area contributed by atoms with Crippen molar-refractivity contribution in [3.63, 3.8) is 0 Å². The van der Waals surface area contributed by atoms with Crippen molar-refractivity contribution in [2.45, 2.75) is 26.9 Å². The molecule has 0 aromatic rings. The smallest absolute Gasteiger partial charge is 0.282 e. The van der Waals surface area contributed by atoms with E-state index in [-0.39, 0.29) is 11.5 Å². The van der Waals surface area contributed by atoms with Crippen molar-refractivity contribution < 1.29 is 4.74 Å². The van der Waals surface area contributed by atoms with Gasteiger partial charge < -0.3 is 10.5 Å². The molecule has 1 rings (SSSR count). The van der Waals surface area contributed by atoms with Crippen LogP contribution in [0.5, 0.6) is 0 Å². The maximum atomic E-state index is 5.35. The Morgan fingerprint density at radius 3 is 2.40 bits per heavy atom. The van der Waals surface area contributed by atoms with Crippen LogP contribution in [0.2, 0.25) is 0 Å². The van der Waals surface area contributed by atoms with E-state index in [0.29, 0.717) is 12.6 Å². The molecule has 0 saturated carbocycles. The number of aliphatic imine (C=N–C) groups is 1. The monoisotopic (exact) mass is 142 g/mol. The molecule has 0 radical (unpaired) electrons. The van der Waals surface area contributed by atoms with Crippen LogP contribution in [0.1, 0.15) is 20.8 Å². The summed E-state index contributed by atoms with van der Waals surface area (Å²) in [5, 5.41) is 0. The van der Waals surface area contributed by atoms with E-state index < -0.39 is 0 Å². The summed E-state index contributed by atoms with van der Waals surface area (Å²) in [6, 6.07) is 0.333. The summed E-state index contributed by atoms with van der Waals surface area (Å²) in [6.45, 7) is 7.05. The van der Waals surface area contributed by atoms with Crippen LogP contribution in [0.3, 0.4) is 0 Å². The number of ether oxygens (including phenoxy) is 1. The average Bonchev–Trinajstić information content (AvgIpc) is 2.11. The predicted octanol–water partition coefficient (Wildman–Crippen LogP) is 0.746. The Morgan fingerprint density at radius 1 is 1.60 bits per heavy atom. The summed E-state index contributed by atoms with van der Waals surface area (Å²) < 4.78 is 5.25. The van der Waals surface area contributed by atoms with Crippen LogP contribution in [0, 0.1) is 5.41 Å². The second-order valence-electron chi connectivity index (χ2n) is 3.65. The molecular formula is C7H14N2O. The lowest BCUT2D eigenvalue weighted by Gasteiger charge is -2.24. The first-order chi connectivity index (χ1) is 4.50. The van der Waals surface area contributed by atoms with E-state index in [2.05, 4.69) is 25.8 Å². The topological polar surface area (TPSA) is 47.6 Å². The first-order valence-electron chi connectivity index (χ1n) is 3.47. The van der Waals surface area contributed by atoms with Gasteiger partial charge in [-0.15, -0.1) is 0 Å². The van der Waals surface area contributed by atoms with Crippen LogP contribution >= 0.6 is 0 Å². The lowest BCUT2D eigenvalue weighted by Crippen LogP contribution is -2.30. The zero-order chi connectivity index (χ0) is 7.78. The third-order valence-corrected chi connectivity index (χ3v) is 1.64. The molecule has 0 amide bonds. The van der Waals surface area contributed by atoms with Crippen molar-refractivity contribution >= 4 is 6.02 Å². The molecule has 0 spiro atoms. The van der Waals surface area contributed by atoms with Gasteiger partial charge in [-0.3, -0.25) is 0 Å². The molecule has 1 aliphatic rings. The van der Waals surface area contributed by atoms with E-state index in [1.54, 1.807) is 0 Å². The molecule has 0 fully saturated rings. The minimum Gasteiger partial charge on any atom is -0.460 e. The zero-order valence-electron chi connectivity index (χ0n) is 6.72. The number of hydrogen-bond acceptors (Lipinski definition) is 3. The molecule has 3 heteroatoms. The number of amidine groups is 1. The molecule has 0 saturated heterocycles. The van der Waals surface area contributed by atoms with Gasteiger partial charge in [-0.2, -0.15) is 0 Å². The SMILES string of the molecule is CC(C)(C)C1CN=C(N)O1. The third-order valence-electron chi connectivity index (χ3n) is 1.64. The van der Waals surface area contributed by atoms with Crippen molar-refractivity contribution in [3.05, 3.63) is 0 Å². The van der Waals surface area contributed by atoms with Crippen molar-refractivity contribution in [3.8, 4) is 0 Å². The first kappa shape index (κ1) is 7.38. The Morgan fingerprint density at radius 2 is 2.20 bits per heavy atom. The number of rotatable bonds is 0. The summed E-state index contributed by atoms with van der Waals surface area (Å²) in [6.07, 6.45) is 0.160. The fourth-order valence-electron chi connectivity index (χ4n) is 0.844. The molecule has 3 nitrogen and oxygen atoms in total. The fraction of sp³-hybridized carbons (Fsp3) is 0.857. The minimum atomic E-state index is 0.143. The van der Waals surface area contributed by atoms with Crippen LogP contribution in [0.15, 0.2) is 4.99 Å². The fourth-order valence-corrected chi connectivity index (χ4v) is 0.844. The largest absolute Gasteiger partial charge is 0.460 e. The number of hydrogen-bond donors (Lipinski definition) is 1. The highest BCUT2D eigenvalue weighted by molar-refractivity contribution is 5.73. The Bertz CT molecular complexity index is 157. The highest BCUT2D eigenvalue weighted by atomic mass is 16.5. The Kier molecular flexibility index (Phi) is 1.58. The van der Waals surface area contributed by atoms with Gasteiger partial charge in [0.1, 0.15) is 6.10 Å². The maximum Gasteiger partial charge on any atom is 0.282 e. The van der Waals surface area contributed by atoms with Crippen molar-refractivity contribution in [2.75, 3.05) is 6.54 Å². The molecule has 0 bridgehead atoms. The first-order valence-corrected chi connectivity index (χ1v) is 3.47. The van der Waals surface area contributed by atoms with Gasteiger partial charge >= 0.3 is 0 Å². The van der Waals surface area contributed by atoms with Gasteiger partial charge in [0.25, 0.3) is 6.02 Å². The summed E-state index contributed by atoms with van der Waals surface area (Å²) in [5.41, 5.74) is 5.49. The molecular weight excluding hydrogens is 128 g/mol. The van der Waals surface area contributed by atoms with E-state index in [4.69, 9.17) is 10.5 Å². The van der Waals surface area contributed by atoms with Crippen molar-refractivity contribution in [1.29, 1.82) is 0 Å². The molecule has 58 valence electrons. The molecule has 10 heavy (non-hydrogen) atoms. The van der Waals surface area contributed by atoms with Gasteiger partial charge in [0, 0.05) is 5.41 Å². The molecule has 0 aromatic carbocycles. The quantitative estimate of drug-likeness (QED) is 0.542. The second-order valence-corrected chi connectivity index (χ2v) is 3.65. The Labute approximate surface area is 61.3 Å². The number of nitrogens with two attached hydrogens (primary N) is 1. The number of nitrogens with zero attached hydrogens (tertiary/aromatic N) is 1. The van der Waals surface area contributed by atoms with Crippen LogP contribution in [0.4, 0.5) is 0 Å². The molecule has 1 atom stereocenters. The van der Waals surface area contributed by atoms with E-state index in [1.807, 2.05) is 0 Å². The van der Waals surface area contributed by atoms with Gasteiger partial charge in [-0.1, -0.05) is 20.8 Å². The van der Waals surface area contributed by atoms with Crippen molar-refractivity contribution in [2.24, 2.45) is 16.1 Å². The Balaban J connectivity index is 2.50. The molecule has 1 heterocycles. The normalized spacial score (nSPS) is 25.9. The lowest BCUT2D eigenvalue weighted by molar-refractivity contribution is 0.101. The highest BCUT2D eigenvalue weighted by Gasteiger charge is 2.30. The molecule has 0 aliphatic carbocycles. The van der Waals surface area contributed by atoms with Crippen LogP contribution < -0.4 is 5.73 Å². The third kappa shape index (κ3) is 1.40. The van der Waals surface area contributed by atoms with E-state index in [0.717, 1.165) is 0 Å². The maximum absolute atomic E-state index is 5.35. The summed E-state index contributed by atoms with van der Waals surface area (Å²) >= 11 is 0. The summed E-state index contributed by atoms with van der Waals surface area (Å²) in [4.78, 5) is 3.96. The minimum absolute atomic E-state index is 0.143. The standard InChI is InChI=1S/C7H14N2O/c1-7(2,3)5-4-9-6(8)10-5/h5H,4H2,1-3H3,(H2,8,9). The van der Waals surface area contributed by atoms with Gasteiger partial charge in [0.2, 0.25) is 0 Å². The second kappa shape index (κ2) is 2.15. The lowest BCUT2D eigenvalue weighted by atomic mass is 9.89. The zero-order valence-corrected chi connectivity index (χ0v) is 6.72. The molecule has 0 aromatic heterocycles. The van der Waals surface area contributed by atoms with Gasteiger partial charge in [-0.25, -0.2) is 4.99 Å². The van der Waals surface area contributed by atoms with E-state index in [1.165, 1.54) is 0 Å². The summed E-state index contributed by atoms with van der Waals surface area (Å²) in [7, 11) is 0. The van der Waals surface area contributed by atoms with Gasteiger partial charge in [0.15, 0.2) is 0 Å². The van der Waals surface area contributed by atoms with Gasteiger partial charge in [-0.05, 0) is 0 Å². The Hall–Kier alpha value is -0.730. The average molecular weight is 142 g/mol. The predicted molar refractivity (Wildman–Crippen MR) is 40.8 cm³/mol. The summed E-state index contributed by atoms with van der Waals surface area (Å²) in [5.74, 6) is 0. The highest BCUT2D eigenvalue weighted by Crippen LogP contribution is 2.24. The molecule has 2 N–H and O–H groups in total. The molecule has 1 aliphatic heterocycles. The van der Waals surface area contributed by atoms with Crippen LogP contribution in [-0.4, -0.2) is 18.7 Å². The van der Waals surface area contributed by atoms with Gasteiger partial charge in [0.05, 0.1) is 6.54 Å². The van der Waals surface area contributed by atoms with Crippen LogP contribution in [0.25, 0.3) is 0 Å². The van der Waals surface area contributed by atoms with E-state index in [9.17, 15) is 0 Å². The molecule has 1 unspecified atom stereocenters. The van der Waals surface area contributed by atoms with Crippen LogP contribution in [-0.2, 0) is 4.74 Å².